The maximum absolute atomic E-state index is 11.6. The Bertz CT molecular complexity index is 413. The van der Waals surface area contributed by atoms with Gasteiger partial charge in [0.15, 0.2) is 5.78 Å². The molecule has 1 aromatic carbocycles. The maximum atomic E-state index is 11.6. The summed E-state index contributed by atoms with van der Waals surface area (Å²) < 4.78 is 0. The molecular weight excluding hydrogens is 202 g/mol. The van der Waals surface area contributed by atoms with Crippen LogP contribution in [0.4, 0.5) is 0 Å². The van der Waals surface area contributed by atoms with E-state index in [-0.39, 0.29) is 11.7 Å². The largest absolute Gasteiger partial charge is 0.352 e. The van der Waals surface area contributed by atoms with Gasteiger partial charge < -0.3 is 5.32 Å². The van der Waals surface area contributed by atoms with E-state index >= 15 is 0 Å². The summed E-state index contributed by atoms with van der Waals surface area (Å²) in [6, 6.07) is 3.52. The third kappa shape index (κ3) is 2.48. The predicted molar refractivity (Wildman–Crippen MR) is 63.9 cm³/mol. The fourth-order valence-electron chi connectivity index (χ4n) is 1.91. The number of hydrogen-bond donors (Lipinski definition) is 1. The van der Waals surface area contributed by atoms with Crippen molar-refractivity contribution >= 4 is 11.7 Å². The normalized spacial score (nSPS) is 10.0. The fourth-order valence-corrected chi connectivity index (χ4v) is 1.91. The third-order valence-corrected chi connectivity index (χ3v) is 2.48. The molecule has 0 aliphatic carbocycles. The van der Waals surface area contributed by atoms with Crippen LogP contribution in [0.2, 0.25) is 0 Å². The Labute approximate surface area is 95.9 Å². The minimum atomic E-state index is -0.0937. The van der Waals surface area contributed by atoms with E-state index in [1.807, 2.05) is 20.8 Å². The first-order chi connectivity index (χ1) is 7.47. The summed E-state index contributed by atoms with van der Waals surface area (Å²) in [5.74, 6) is -0.0544. The second kappa shape index (κ2) is 4.92. The molecule has 0 unspecified atom stereocenters. The van der Waals surface area contributed by atoms with Gasteiger partial charge >= 0.3 is 0 Å². The molecule has 0 aliphatic heterocycles. The summed E-state index contributed by atoms with van der Waals surface area (Å²) in [5, 5.41) is 2.74. The van der Waals surface area contributed by atoms with E-state index in [0.717, 1.165) is 11.1 Å². The summed E-state index contributed by atoms with van der Waals surface area (Å²) in [4.78, 5) is 23.0. The molecule has 1 amide bonds. The highest BCUT2D eigenvalue weighted by Crippen LogP contribution is 2.17. The van der Waals surface area contributed by atoms with E-state index in [0.29, 0.717) is 17.7 Å². The van der Waals surface area contributed by atoms with Gasteiger partial charge in [0.05, 0.1) is 0 Å². The number of rotatable bonds is 3. The molecule has 0 aliphatic rings. The number of nitrogens with one attached hydrogen (secondary N) is 1. The Morgan fingerprint density at radius 2 is 1.69 bits per heavy atom. The van der Waals surface area contributed by atoms with Crippen molar-refractivity contribution in [2.45, 2.75) is 27.7 Å². The van der Waals surface area contributed by atoms with E-state index in [1.165, 1.54) is 0 Å². The molecule has 0 atom stereocenters. The van der Waals surface area contributed by atoms with Crippen molar-refractivity contribution in [3.8, 4) is 0 Å². The molecule has 86 valence electrons. The van der Waals surface area contributed by atoms with Crippen molar-refractivity contribution in [3.05, 3.63) is 34.4 Å². The highest BCUT2D eigenvalue weighted by molar-refractivity contribution is 6.00. The van der Waals surface area contributed by atoms with E-state index in [9.17, 15) is 9.59 Å². The first kappa shape index (κ1) is 12.4. The minimum absolute atomic E-state index is 0.0393. The summed E-state index contributed by atoms with van der Waals surface area (Å²) in [6.07, 6.45) is 0. The van der Waals surface area contributed by atoms with E-state index in [4.69, 9.17) is 0 Å². The van der Waals surface area contributed by atoms with Gasteiger partial charge in [0.25, 0.3) is 5.91 Å². The van der Waals surface area contributed by atoms with Crippen LogP contribution in [0.1, 0.15) is 45.7 Å². The lowest BCUT2D eigenvalue weighted by Crippen LogP contribution is -2.23. The summed E-state index contributed by atoms with van der Waals surface area (Å²) in [5.41, 5.74) is 3.04. The Morgan fingerprint density at radius 1 is 1.19 bits per heavy atom. The monoisotopic (exact) mass is 219 g/mol. The molecule has 0 spiro atoms. The molecule has 0 saturated heterocycles. The Morgan fingerprint density at radius 3 is 2.06 bits per heavy atom. The van der Waals surface area contributed by atoms with Gasteiger partial charge in [-0.1, -0.05) is 0 Å². The number of ketones is 1. The molecule has 1 aromatic rings. The van der Waals surface area contributed by atoms with E-state index < -0.39 is 0 Å². The minimum Gasteiger partial charge on any atom is -0.352 e. The predicted octanol–water partition coefficient (Wildman–Crippen LogP) is 2.26. The highest BCUT2D eigenvalue weighted by atomic mass is 16.1. The molecule has 0 fully saturated rings. The molecule has 0 radical (unpaired) electrons. The zero-order valence-corrected chi connectivity index (χ0v) is 10.2. The number of hydrogen-bond acceptors (Lipinski definition) is 2. The molecule has 3 heteroatoms. The molecule has 3 nitrogen and oxygen atoms in total. The number of benzene rings is 1. The summed E-state index contributed by atoms with van der Waals surface area (Å²) in [7, 11) is 0. The van der Waals surface area contributed by atoms with Gasteiger partial charge in [0.2, 0.25) is 0 Å². The molecule has 0 aromatic heterocycles. The van der Waals surface area contributed by atoms with Gasteiger partial charge in [0.1, 0.15) is 0 Å². The number of carbonyl (C=O) groups is 2. The molecular formula is C13H17NO2. The molecule has 0 heterocycles. The van der Waals surface area contributed by atoms with Crippen molar-refractivity contribution in [1.29, 1.82) is 0 Å². The van der Waals surface area contributed by atoms with Crippen LogP contribution in [-0.4, -0.2) is 18.2 Å². The lowest BCUT2D eigenvalue weighted by atomic mass is 9.96. The summed E-state index contributed by atoms with van der Waals surface area (Å²) >= 11 is 0. The molecule has 1 N–H and O–H groups in total. The second-order valence-corrected chi connectivity index (χ2v) is 3.90. The molecule has 0 bridgehead atoms. The standard InChI is InChI=1S/C13H17NO2/c1-5-14-13(16)11-6-8(2)12(10(4)15)9(3)7-11/h6-7H,5H2,1-4H3,(H,14,16). The topological polar surface area (TPSA) is 46.2 Å². The first-order valence-electron chi connectivity index (χ1n) is 5.37. The van der Waals surface area contributed by atoms with Crippen molar-refractivity contribution in [1.82, 2.24) is 5.32 Å². The Kier molecular flexibility index (Phi) is 3.82. The lowest BCUT2D eigenvalue weighted by Gasteiger charge is -2.09. The number of aryl methyl sites for hydroxylation is 2. The van der Waals surface area contributed by atoms with Crippen molar-refractivity contribution in [2.24, 2.45) is 0 Å². The van der Waals surface area contributed by atoms with Crippen LogP contribution in [0.15, 0.2) is 12.1 Å². The van der Waals surface area contributed by atoms with Crippen LogP contribution < -0.4 is 5.32 Å². The van der Waals surface area contributed by atoms with Gasteiger partial charge in [-0.3, -0.25) is 9.59 Å². The molecule has 1 rings (SSSR count). The van der Waals surface area contributed by atoms with Crippen LogP contribution >= 0.6 is 0 Å². The van der Waals surface area contributed by atoms with Crippen LogP contribution in [0.5, 0.6) is 0 Å². The van der Waals surface area contributed by atoms with E-state index in [2.05, 4.69) is 5.32 Å². The van der Waals surface area contributed by atoms with Crippen molar-refractivity contribution in [2.75, 3.05) is 6.54 Å². The second-order valence-electron chi connectivity index (χ2n) is 3.90. The van der Waals surface area contributed by atoms with Crippen molar-refractivity contribution < 1.29 is 9.59 Å². The van der Waals surface area contributed by atoms with Crippen LogP contribution in [0.3, 0.4) is 0 Å². The third-order valence-electron chi connectivity index (χ3n) is 2.48. The highest BCUT2D eigenvalue weighted by Gasteiger charge is 2.12. The Balaban J connectivity index is 3.19. The average molecular weight is 219 g/mol. The SMILES string of the molecule is CCNC(=O)c1cc(C)c(C(C)=O)c(C)c1. The fraction of sp³-hybridized carbons (Fsp3) is 0.385. The molecule has 0 saturated carbocycles. The van der Waals surface area contributed by atoms with Crippen LogP contribution in [0, 0.1) is 13.8 Å². The van der Waals surface area contributed by atoms with Crippen LogP contribution in [-0.2, 0) is 0 Å². The van der Waals surface area contributed by atoms with Gasteiger partial charge in [-0.2, -0.15) is 0 Å². The summed E-state index contributed by atoms with van der Waals surface area (Å²) in [6.45, 7) is 7.73. The van der Waals surface area contributed by atoms with Gasteiger partial charge in [-0.25, -0.2) is 0 Å². The quantitative estimate of drug-likeness (QED) is 0.792. The maximum Gasteiger partial charge on any atom is 0.251 e. The first-order valence-corrected chi connectivity index (χ1v) is 5.37. The van der Waals surface area contributed by atoms with Gasteiger partial charge in [-0.05, 0) is 51.0 Å². The zero-order valence-electron chi connectivity index (χ0n) is 10.2. The van der Waals surface area contributed by atoms with Gasteiger partial charge in [-0.15, -0.1) is 0 Å². The number of amides is 1. The zero-order chi connectivity index (χ0) is 12.3. The average Bonchev–Trinajstić information content (AvgIpc) is 2.16. The lowest BCUT2D eigenvalue weighted by molar-refractivity contribution is 0.0953. The Hall–Kier alpha value is -1.64. The molecule has 16 heavy (non-hydrogen) atoms. The number of Topliss-reactive ketones (excluding diaryl/α,β-unsaturated/α-hetero) is 1. The number of carbonyl (C=O) groups excluding carboxylic acids is 2. The van der Waals surface area contributed by atoms with E-state index in [1.54, 1.807) is 19.1 Å². The van der Waals surface area contributed by atoms with Gasteiger partial charge in [0, 0.05) is 17.7 Å². The van der Waals surface area contributed by atoms with Crippen LogP contribution in [0.25, 0.3) is 0 Å². The van der Waals surface area contributed by atoms with Crippen molar-refractivity contribution in [3.63, 3.8) is 0 Å². The smallest absolute Gasteiger partial charge is 0.251 e.